The van der Waals surface area contributed by atoms with Crippen LogP contribution in [0.5, 0.6) is 0 Å². The van der Waals surface area contributed by atoms with Crippen molar-refractivity contribution in [3.63, 3.8) is 0 Å². The van der Waals surface area contributed by atoms with Gasteiger partial charge in [0.2, 0.25) is 0 Å². The van der Waals surface area contributed by atoms with Crippen molar-refractivity contribution in [1.82, 2.24) is 19.5 Å². The largest absolute Gasteiger partial charge is 0.465 e. The van der Waals surface area contributed by atoms with Gasteiger partial charge in [-0.1, -0.05) is 0 Å². The summed E-state index contributed by atoms with van der Waals surface area (Å²) in [6.45, 7) is 0. The van der Waals surface area contributed by atoms with Crippen LogP contribution in [0, 0.1) is 17.1 Å². The van der Waals surface area contributed by atoms with Gasteiger partial charge in [0.05, 0.1) is 12.8 Å². The number of ether oxygens (including phenoxy) is 1. The maximum Gasteiger partial charge on any atom is 0.350 e. The van der Waals surface area contributed by atoms with E-state index >= 15 is 0 Å². The summed E-state index contributed by atoms with van der Waals surface area (Å²) >= 11 is 0. The zero-order valence-corrected chi connectivity index (χ0v) is 13.0. The van der Waals surface area contributed by atoms with Crippen LogP contribution in [0.4, 0.5) is 4.39 Å². The Bertz CT molecular complexity index is 1030. The monoisotopic (exact) mass is 338 g/mol. The van der Waals surface area contributed by atoms with E-state index in [9.17, 15) is 9.18 Å². The topological polar surface area (TPSA) is 120 Å². The van der Waals surface area contributed by atoms with E-state index in [0.717, 1.165) is 7.11 Å². The van der Waals surface area contributed by atoms with Gasteiger partial charge in [0.1, 0.15) is 35.8 Å². The zero-order valence-electron chi connectivity index (χ0n) is 13.0. The van der Waals surface area contributed by atoms with Crippen LogP contribution in [0.15, 0.2) is 42.5 Å². The summed E-state index contributed by atoms with van der Waals surface area (Å²) in [5.74, 6) is -1.24. The molecule has 0 fully saturated rings. The van der Waals surface area contributed by atoms with E-state index in [1.54, 1.807) is 22.8 Å². The van der Waals surface area contributed by atoms with Gasteiger partial charge in [0.15, 0.2) is 11.2 Å². The van der Waals surface area contributed by atoms with Crippen LogP contribution >= 0.6 is 0 Å². The molecule has 0 unspecified atom stereocenters. The van der Waals surface area contributed by atoms with Gasteiger partial charge >= 0.3 is 5.97 Å². The zero-order chi connectivity index (χ0) is 18.0. The summed E-state index contributed by atoms with van der Waals surface area (Å²) in [5, 5.41) is 9.15. The third-order valence-electron chi connectivity index (χ3n) is 3.46. The van der Waals surface area contributed by atoms with Gasteiger partial charge in [-0.15, -0.1) is 0 Å². The van der Waals surface area contributed by atoms with Gasteiger partial charge in [-0.05, 0) is 24.3 Å². The Morgan fingerprint density at radius 2 is 2.00 bits per heavy atom. The lowest BCUT2D eigenvalue weighted by molar-refractivity contribution is -0.135. The van der Waals surface area contributed by atoms with Crippen molar-refractivity contribution in [2.45, 2.75) is 0 Å². The van der Waals surface area contributed by atoms with E-state index < -0.39 is 5.97 Å². The second-order valence-electron chi connectivity index (χ2n) is 4.88. The van der Waals surface area contributed by atoms with Crippen LogP contribution < -0.4 is 5.73 Å². The summed E-state index contributed by atoms with van der Waals surface area (Å²) in [7, 11) is 1.14. The molecule has 0 spiro atoms. The lowest BCUT2D eigenvalue weighted by atomic mass is 10.1. The Balaban J connectivity index is 2.20. The lowest BCUT2D eigenvalue weighted by Gasteiger charge is -2.06. The highest BCUT2D eigenvalue weighted by Crippen LogP contribution is 2.22. The molecule has 0 saturated heterocycles. The summed E-state index contributed by atoms with van der Waals surface area (Å²) in [6, 6.07) is 7.44. The number of halogens is 1. The molecule has 0 aliphatic rings. The molecule has 1 aromatic carbocycles. The molecule has 0 atom stereocenters. The number of imidazole rings is 1. The molecule has 0 radical (unpaired) electrons. The van der Waals surface area contributed by atoms with Crippen LogP contribution in [-0.4, -0.2) is 32.6 Å². The summed E-state index contributed by atoms with van der Waals surface area (Å²) in [4.78, 5) is 24.1. The van der Waals surface area contributed by atoms with Crippen molar-refractivity contribution in [3.8, 4) is 11.8 Å². The molecule has 0 saturated carbocycles. The maximum atomic E-state index is 13.1. The minimum Gasteiger partial charge on any atom is -0.465 e. The summed E-state index contributed by atoms with van der Waals surface area (Å²) < 4.78 is 19.3. The van der Waals surface area contributed by atoms with Crippen molar-refractivity contribution < 1.29 is 13.9 Å². The second kappa shape index (κ2) is 6.37. The minimum atomic E-state index is -0.871. The van der Waals surface area contributed by atoms with Crippen molar-refractivity contribution in [2.24, 2.45) is 5.73 Å². The maximum absolute atomic E-state index is 13.1. The third kappa shape index (κ3) is 2.76. The number of carbonyl (C=O) groups is 1. The van der Waals surface area contributed by atoms with Crippen LogP contribution in [0.2, 0.25) is 0 Å². The van der Waals surface area contributed by atoms with Gasteiger partial charge in [-0.2, -0.15) is 5.26 Å². The third-order valence-corrected chi connectivity index (χ3v) is 3.46. The first kappa shape index (κ1) is 16.1. The van der Waals surface area contributed by atoms with E-state index in [1.165, 1.54) is 24.8 Å². The molecule has 124 valence electrons. The van der Waals surface area contributed by atoms with Gasteiger partial charge in [0.25, 0.3) is 0 Å². The van der Waals surface area contributed by atoms with E-state index in [4.69, 9.17) is 11.0 Å². The molecule has 0 aliphatic carbocycles. The van der Waals surface area contributed by atoms with Gasteiger partial charge in [0, 0.05) is 5.69 Å². The first-order valence-corrected chi connectivity index (χ1v) is 6.99. The van der Waals surface area contributed by atoms with E-state index in [1.807, 2.05) is 0 Å². The highest BCUT2D eigenvalue weighted by molar-refractivity contribution is 6.02. The quantitative estimate of drug-likeness (QED) is 0.434. The van der Waals surface area contributed by atoms with Crippen molar-refractivity contribution >= 4 is 22.8 Å². The summed E-state index contributed by atoms with van der Waals surface area (Å²) in [6.07, 6.45) is 2.70. The fourth-order valence-electron chi connectivity index (χ4n) is 2.26. The predicted octanol–water partition coefficient (Wildman–Crippen LogP) is 1.32. The molecule has 0 aliphatic heterocycles. The molecule has 8 nitrogen and oxygen atoms in total. The number of aromatic nitrogens is 4. The fourth-order valence-corrected chi connectivity index (χ4v) is 2.26. The Morgan fingerprint density at radius 3 is 2.64 bits per heavy atom. The van der Waals surface area contributed by atoms with Crippen LogP contribution in [-0.2, 0) is 9.53 Å². The van der Waals surface area contributed by atoms with Crippen LogP contribution in [0.1, 0.15) is 5.69 Å². The number of nitrogens with two attached hydrogens (primary N) is 1. The first-order chi connectivity index (χ1) is 12.1. The Labute approximate surface area is 141 Å². The lowest BCUT2D eigenvalue weighted by Crippen LogP contribution is -2.12. The fraction of sp³-hybridized carbons (Fsp3) is 0.0625. The van der Waals surface area contributed by atoms with Crippen molar-refractivity contribution in [2.75, 3.05) is 7.11 Å². The molecule has 2 heterocycles. The highest BCUT2D eigenvalue weighted by Gasteiger charge is 2.20. The van der Waals surface area contributed by atoms with Crippen molar-refractivity contribution in [3.05, 3.63) is 54.0 Å². The molecule has 0 amide bonds. The minimum absolute atomic E-state index is 0.132. The van der Waals surface area contributed by atoms with Gasteiger partial charge < -0.3 is 10.5 Å². The Morgan fingerprint density at radius 1 is 1.28 bits per heavy atom. The van der Waals surface area contributed by atoms with Crippen molar-refractivity contribution in [1.29, 1.82) is 5.26 Å². The number of hydrogen-bond donors (Lipinski definition) is 1. The molecule has 2 aromatic heterocycles. The molecular weight excluding hydrogens is 327 g/mol. The number of rotatable bonds is 3. The Hall–Kier alpha value is -3.80. The number of methoxy groups -OCH3 is 1. The SMILES string of the molecule is COC(=O)/C(C#N)=C(\N)c1ncnc2c1ncn2-c1ccc(F)cc1. The average molecular weight is 338 g/mol. The highest BCUT2D eigenvalue weighted by atomic mass is 19.1. The molecule has 3 rings (SSSR count). The Kier molecular flexibility index (Phi) is 4.09. The average Bonchev–Trinajstić information content (AvgIpc) is 3.06. The predicted molar refractivity (Wildman–Crippen MR) is 85.4 cm³/mol. The first-order valence-electron chi connectivity index (χ1n) is 6.99. The number of fused-ring (bicyclic) bond motifs is 1. The molecule has 2 N–H and O–H groups in total. The van der Waals surface area contributed by atoms with Crippen LogP contribution in [0.3, 0.4) is 0 Å². The number of hydrogen-bond acceptors (Lipinski definition) is 7. The number of carbonyl (C=O) groups excluding carboxylic acids is 1. The standard InChI is InChI=1S/C16H11FN6O2/c1-25-16(24)11(6-18)12(19)13-14-15(21-7-20-13)23(8-22-14)10-4-2-9(17)3-5-10/h2-5,7-8H,19H2,1H3/b12-11-. The van der Waals surface area contributed by atoms with E-state index in [0.29, 0.717) is 16.9 Å². The molecular formula is C16H11FN6O2. The molecule has 25 heavy (non-hydrogen) atoms. The number of benzene rings is 1. The number of nitrogens with zero attached hydrogens (tertiary/aromatic N) is 5. The van der Waals surface area contributed by atoms with Crippen LogP contribution in [0.25, 0.3) is 22.5 Å². The van der Waals surface area contributed by atoms with Gasteiger partial charge in [-0.25, -0.2) is 24.1 Å². The van der Waals surface area contributed by atoms with E-state index in [-0.39, 0.29) is 22.8 Å². The van der Waals surface area contributed by atoms with Gasteiger partial charge in [-0.3, -0.25) is 4.57 Å². The molecule has 9 heteroatoms. The number of nitriles is 1. The summed E-state index contributed by atoms with van der Waals surface area (Å²) in [5.41, 5.74) is 6.83. The van der Waals surface area contributed by atoms with E-state index in [2.05, 4.69) is 19.7 Å². The normalized spacial score (nSPS) is 11.7. The second-order valence-corrected chi connectivity index (χ2v) is 4.88. The molecule has 0 bridgehead atoms. The molecule has 3 aromatic rings. The smallest absolute Gasteiger partial charge is 0.350 e. The number of esters is 1.